The van der Waals surface area contributed by atoms with Crippen molar-refractivity contribution >= 4 is 46.9 Å². The third-order valence-corrected chi connectivity index (χ3v) is 0. The van der Waals surface area contributed by atoms with Crippen molar-refractivity contribution in [3.8, 4) is 0 Å². The van der Waals surface area contributed by atoms with E-state index in [1.807, 2.05) is 0 Å². The average molecular weight is 456 g/mol. The summed E-state index contributed by atoms with van der Waals surface area (Å²) in [5, 5.41) is 0. The zero-order valence-corrected chi connectivity index (χ0v) is 10.5. The van der Waals surface area contributed by atoms with Crippen LogP contribution in [0.4, 0.5) is 0 Å². The third-order valence-electron chi connectivity index (χ3n) is 0. The zero-order valence-electron chi connectivity index (χ0n) is 2.17. The van der Waals surface area contributed by atoms with Gasteiger partial charge in [-0.2, -0.15) is 0 Å². The summed E-state index contributed by atoms with van der Waals surface area (Å²) in [6.07, 6.45) is 0. The third kappa shape index (κ3) is 24.8. The molecule has 0 aromatic heterocycles. The van der Waals surface area contributed by atoms with Gasteiger partial charge >= 0.3 is 48.8 Å². The number of rotatable bonds is 0. The Labute approximate surface area is 72.2 Å². The minimum absolute atomic E-state index is 0. The van der Waals surface area contributed by atoms with Gasteiger partial charge in [-0.15, -0.1) is 0 Å². The van der Waals surface area contributed by atoms with E-state index in [2.05, 4.69) is 0 Å². The summed E-state index contributed by atoms with van der Waals surface area (Å²) >= 11 is 0.633. The molecule has 0 heterocycles. The fourth-order valence-corrected chi connectivity index (χ4v) is 0. The maximum Gasteiger partial charge on any atom is 0 e. The smallest absolute Gasteiger partial charge is 0 e. The van der Waals surface area contributed by atoms with Gasteiger partial charge in [0.15, 0.2) is 0 Å². The molecule has 0 unspecified atom stereocenters. The van der Waals surface area contributed by atoms with Crippen molar-refractivity contribution in [1.82, 2.24) is 0 Å². The molecule has 0 aliphatic heterocycles. The van der Waals surface area contributed by atoms with Crippen LogP contribution in [0.25, 0.3) is 0 Å². The summed E-state index contributed by atoms with van der Waals surface area (Å²) < 4.78 is 16.7. The fourth-order valence-electron chi connectivity index (χ4n) is 0. The monoisotopic (exact) mass is 457 g/mol. The van der Waals surface area contributed by atoms with Crippen LogP contribution in [0.3, 0.4) is 0 Å². The molecule has 0 aliphatic carbocycles. The first-order valence-electron chi connectivity index (χ1n) is 0.371. The van der Waals surface area contributed by atoms with Gasteiger partial charge in [-0.05, 0) is 0 Å². The first-order valence-corrected chi connectivity index (χ1v) is 2.73. The summed E-state index contributed by atoms with van der Waals surface area (Å²) in [4.78, 5) is 0. The van der Waals surface area contributed by atoms with E-state index in [9.17, 15) is 0 Å². The predicted octanol–water partition coefficient (Wildman–Crippen LogP) is -1.00. The van der Waals surface area contributed by atoms with Crippen LogP contribution in [-0.2, 0) is 26.3 Å². The van der Waals surface area contributed by atoms with E-state index in [0.717, 1.165) is 0 Å². The zero-order chi connectivity index (χ0) is 4.00. The SMILES string of the molecule is [O]=[Sn].[O]=[W].[Sb]. The molecule has 0 N–H and O–H groups in total. The molecule has 5 heteroatoms. The summed E-state index contributed by atoms with van der Waals surface area (Å²) in [6, 6.07) is 0. The fraction of sp³-hybridized carbons (Fsp3) is 0. The van der Waals surface area contributed by atoms with Crippen LogP contribution in [0.15, 0.2) is 0 Å². The molecule has 0 bridgehead atoms. The minimum atomic E-state index is 0. The van der Waals surface area contributed by atoms with Crippen molar-refractivity contribution in [2.24, 2.45) is 0 Å². The van der Waals surface area contributed by atoms with Crippen molar-refractivity contribution < 1.29 is 26.3 Å². The van der Waals surface area contributed by atoms with Crippen LogP contribution in [0.2, 0.25) is 0 Å². The molecule has 0 rings (SSSR count). The van der Waals surface area contributed by atoms with Gasteiger partial charge in [0, 0.05) is 24.4 Å². The summed E-state index contributed by atoms with van der Waals surface area (Å²) in [5.74, 6) is 0. The molecule has 0 saturated carbocycles. The van der Waals surface area contributed by atoms with Gasteiger partial charge in [0.05, 0.1) is 0 Å². The predicted molar refractivity (Wildman–Crippen MR) is 12.9 cm³/mol. The van der Waals surface area contributed by atoms with Gasteiger partial charge in [0.25, 0.3) is 0 Å². The Balaban J connectivity index is -0.0000000133. The quantitative estimate of drug-likeness (QED) is 0.439. The number of hydrogen-bond acceptors (Lipinski definition) is 2. The first kappa shape index (κ1) is 15.8. The molecule has 5 radical (unpaired) electrons. The van der Waals surface area contributed by atoms with Gasteiger partial charge in [-0.1, -0.05) is 0 Å². The van der Waals surface area contributed by atoms with Crippen LogP contribution in [0, 0.1) is 0 Å². The van der Waals surface area contributed by atoms with Crippen LogP contribution < -0.4 is 0 Å². The molecule has 0 fully saturated rings. The van der Waals surface area contributed by atoms with Crippen molar-refractivity contribution in [2.75, 3.05) is 0 Å². The van der Waals surface area contributed by atoms with E-state index in [1.54, 1.807) is 0 Å². The maximum atomic E-state index is 8.34. The molecule has 5 heavy (non-hydrogen) atoms. The minimum Gasteiger partial charge on any atom is 0 e. The topological polar surface area (TPSA) is 34.1 Å². The largest absolute Gasteiger partial charge is 0 e. The summed E-state index contributed by atoms with van der Waals surface area (Å²) in [6.45, 7) is 0. The summed E-state index contributed by atoms with van der Waals surface area (Å²) in [7, 11) is 0. The molecule has 0 aromatic carbocycles. The normalized spacial score (nSPS) is 1.60. The maximum absolute atomic E-state index is 8.34. The molecule has 0 saturated heterocycles. The van der Waals surface area contributed by atoms with Crippen LogP contribution >= 0.6 is 0 Å². The van der Waals surface area contributed by atoms with Gasteiger partial charge < -0.3 is 0 Å². The standard InChI is InChI=1S/2O.Sb.Sn.W. The Morgan fingerprint density at radius 1 is 1.20 bits per heavy atom. The molecular weight excluding hydrogens is 456 g/mol. The second-order valence-corrected chi connectivity index (χ2v) is 0. The van der Waals surface area contributed by atoms with E-state index in [-0.39, 0.29) is 24.4 Å². The molecule has 0 atom stereocenters. The van der Waals surface area contributed by atoms with Crippen molar-refractivity contribution in [1.29, 1.82) is 0 Å². The Morgan fingerprint density at radius 3 is 1.20 bits per heavy atom. The van der Waals surface area contributed by atoms with Gasteiger partial charge in [-0.25, -0.2) is 0 Å². The Hall–Kier alpha value is 1.91. The van der Waals surface area contributed by atoms with E-state index < -0.39 is 0 Å². The Kier molecular flexibility index (Phi) is 124. The van der Waals surface area contributed by atoms with Gasteiger partial charge in [0.1, 0.15) is 0 Å². The summed E-state index contributed by atoms with van der Waals surface area (Å²) in [5.41, 5.74) is 0. The van der Waals surface area contributed by atoms with Crippen LogP contribution in [0.1, 0.15) is 0 Å². The van der Waals surface area contributed by atoms with E-state index >= 15 is 0 Å². The van der Waals surface area contributed by atoms with Crippen LogP contribution in [-0.4, -0.2) is 46.9 Å². The molecule has 0 aromatic rings. The Morgan fingerprint density at radius 2 is 1.20 bits per heavy atom. The average Bonchev–Trinajstić information content (AvgIpc) is 1.50. The van der Waals surface area contributed by atoms with Crippen molar-refractivity contribution in [3.63, 3.8) is 0 Å². The van der Waals surface area contributed by atoms with Gasteiger partial charge in [-0.3, -0.25) is 0 Å². The van der Waals surface area contributed by atoms with E-state index in [0.29, 0.717) is 42.3 Å². The first-order chi connectivity index (χ1) is 2.00. The van der Waals surface area contributed by atoms with E-state index in [4.69, 9.17) is 6.47 Å². The second-order valence-electron chi connectivity index (χ2n) is 0. The van der Waals surface area contributed by atoms with Gasteiger partial charge in [0.2, 0.25) is 0 Å². The van der Waals surface area contributed by atoms with Crippen LogP contribution in [0.5, 0.6) is 0 Å². The van der Waals surface area contributed by atoms with E-state index in [1.165, 1.54) is 0 Å². The molecule has 0 aliphatic rings. The van der Waals surface area contributed by atoms with Crippen molar-refractivity contribution in [3.05, 3.63) is 0 Å². The molecule has 27 valence electrons. The molecule has 0 spiro atoms. The Bertz CT molecular complexity index is 11.6. The molecule has 2 nitrogen and oxygen atoms in total. The molecule has 0 amide bonds. The number of hydrogen-bond donors (Lipinski definition) is 0. The van der Waals surface area contributed by atoms with Crippen molar-refractivity contribution in [2.45, 2.75) is 0 Å². The second kappa shape index (κ2) is 39.1. The molecular formula is O2SbSnW.